The van der Waals surface area contributed by atoms with Crippen molar-refractivity contribution in [3.05, 3.63) is 33.9 Å². The van der Waals surface area contributed by atoms with Crippen molar-refractivity contribution in [3.8, 4) is 5.88 Å². The van der Waals surface area contributed by atoms with Crippen LogP contribution in [0.25, 0.3) is 0 Å². The molecule has 102 valence electrons. The Morgan fingerprint density at radius 3 is 2.74 bits per heavy atom. The highest BCUT2D eigenvalue weighted by atomic mass is 127. The van der Waals surface area contributed by atoms with Crippen molar-refractivity contribution in [3.63, 3.8) is 0 Å². The average Bonchev–Trinajstić information content (AvgIpc) is 2.81. The lowest BCUT2D eigenvalue weighted by Gasteiger charge is -2.19. The fraction of sp³-hybridized carbons (Fsp3) is 0.308. The van der Waals surface area contributed by atoms with Crippen molar-refractivity contribution in [2.45, 2.75) is 6.54 Å². The van der Waals surface area contributed by atoms with Crippen molar-refractivity contribution >= 4 is 34.0 Å². The number of ether oxygens (including phenoxy) is 1. The van der Waals surface area contributed by atoms with Crippen molar-refractivity contribution < 1.29 is 9.15 Å². The number of rotatable bonds is 5. The van der Waals surface area contributed by atoms with E-state index in [0.29, 0.717) is 12.4 Å². The van der Waals surface area contributed by atoms with Gasteiger partial charge in [0.15, 0.2) is 3.77 Å². The summed E-state index contributed by atoms with van der Waals surface area (Å²) in [6, 6.07) is 5.83. The lowest BCUT2D eigenvalue weighted by Crippen LogP contribution is -2.13. The van der Waals surface area contributed by atoms with E-state index in [1.807, 2.05) is 37.2 Å². The van der Waals surface area contributed by atoms with Crippen LogP contribution in [0.3, 0.4) is 0 Å². The Morgan fingerprint density at radius 1 is 1.37 bits per heavy atom. The van der Waals surface area contributed by atoms with Gasteiger partial charge in [0.05, 0.1) is 19.3 Å². The number of aromatic nitrogens is 1. The number of hydrogen-bond donors (Lipinski definition) is 1. The molecule has 0 saturated carbocycles. The topological polar surface area (TPSA) is 50.5 Å². The van der Waals surface area contributed by atoms with Gasteiger partial charge < -0.3 is 19.4 Å². The van der Waals surface area contributed by atoms with E-state index in [9.17, 15) is 0 Å². The summed E-state index contributed by atoms with van der Waals surface area (Å²) in [4.78, 5) is 6.23. The van der Waals surface area contributed by atoms with Crippen LogP contribution in [0.15, 0.2) is 28.8 Å². The zero-order valence-electron chi connectivity index (χ0n) is 11.1. The van der Waals surface area contributed by atoms with Crippen LogP contribution < -0.4 is 15.0 Å². The number of methoxy groups -OCH3 is 1. The Labute approximate surface area is 126 Å². The van der Waals surface area contributed by atoms with E-state index in [0.717, 1.165) is 20.9 Å². The van der Waals surface area contributed by atoms with E-state index in [1.165, 1.54) is 0 Å². The molecule has 0 unspecified atom stereocenters. The maximum atomic E-state index is 5.53. The second-order valence-corrected chi connectivity index (χ2v) is 5.23. The van der Waals surface area contributed by atoms with Crippen LogP contribution in [0, 0.1) is 3.77 Å². The van der Waals surface area contributed by atoms with Crippen LogP contribution in [-0.4, -0.2) is 26.2 Å². The first-order valence-electron chi connectivity index (χ1n) is 5.80. The molecule has 2 aromatic rings. The van der Waals surface area contributed by atoms with E-state index < -0.39 is 0 Å². The molecule has 0 aromatic carbocycles. The largest absolute Gasteiger partial charge is 0.479 e. The molecule has 2 rings (SSSR count). The van der Waals surface area contributed by atoms with E-state index in [1.54, 1.807) is 13.3 Å². The minimum atomic E-state index is 0.576. The molecule has 0 atom stereocenters. The lowest BCUT2D eigenvalue weighted by molar-refractivity contribution is 0.399. The fourth-order valence-electron chi connectivity index (χ4n) is 1.75. The Kier molecular flexibility index (Phi) is 4.52. The first-order chi connectivity index (χ1) is 9.11. The molecule has 0 saturated heterocycles. The summed E-state index contributed by atoms with van der Waals surface area (Å²) in [5, 5.41) is 3.32. The molecular weight excluding hydrogens is 357 g/mol. The maximum absolute atomic E-state index is 5.53. The molecule has 0 bridgehead atoms. The quantitative estimate of drug-likeness (QED) is 0.817. The number of nitrogens with zero attached hydrogens (tertiary/aromatic N) is 2. The SMILES string of the molecule is COc1nccc(N(C)C)c1NCc1ccc(I)o1. The summed E-state index contributed by atoms with van der Waals surface area (Å²) in [5.74, 6) is 1.45. The van der Waals surface area contributed by atoms with Crippen molar-refractivity contribution in [1.82, 2.24) is 4.98 Å². The molecule has 19 heavy (non-hydrogen) atoms. The Balaban J connectivity index is 2.22. The molecule has 0 radical (unpaired) electrons. The molecular formula is C13H16IN3O2. The second-order valence-electron chi connectivity index (χ2n) is 4.17. The van der Waals surface area contributed by atoms with Crippen LogP contribution in [0.2, 0.25) is 0 Å². The molecule has 1 N–H and O–H groups in total. The van der Waals surface area contributed by atoms with Crippen molar-refractivity contribution in [1.29, 1.82) is 0 Å². The third-order valence-corrected chi connectivity index (χ3v) is 3.22. The van der Waals surface area contributed by atoms with Gasteiger partial charge in [0.2, 0.25) is 5.88 Å². The standard InChI is InChI=1S/C13H16IN3O2/c1-17(2)10-6-7-15-13(18-3)12(10)16-8-9-4-5-11(14)19-9/h4-7,16H,8H2,1-3H3. The summed E-state index contributed by atoms with van der Waals surface area (Å²) >= 11 is 2.15. The number of hydrogen-bond acceptors (Lipinski definition) is 5. The number of halogens is 1. The molecule has 0 aliphatic carbocycles. The van der Waals surface area contributed by atoms with Gasteiger partial charge in [-0.1, -0.05) is 0 Å². The van der Waals surface area contributed by atoms with Gasteiger partial charge >= 0.3 is 0 Å². The van der Waals surface area contributed by atoms with E-state index in [-0.39, 0.29) is 0 Å². The van der Waals surface area contributed by atoms with Gasteiger partial charge in [-0.05, 0) is 40.8 Å². The van der Waals surface area contributed by atoms with Gasteiger partial charge in [0, 0.05) is 20.3 Å². The molecule has 2 heterocycles. The smallest absolute Gasteiger partial charge is 0.239 e. The predicted molar refractivity (Wildman–Crippen MR) is 83.9 cm³/mol. The van der Waals surface area contributed by atoms with E-state index in [2.05, 4.69) is 32.9 Å². The maximum Gasteiger partial charge on any atom is 0.239 e. The van der Waals surface area contributed by atoms with Gasteiger partial charge in [-0.2, -0.15) is 0 Å². The molecule has 5 nitrogen and oxygen atoms in total. The number of furan rings is 1. The first-order valence-corrected chi connectivity index (χ1v) is 6.88. The first kappa shape index (κ1) is 14.0. The zero-order valence-corrected chi connectivity index (χ0v) is 13.3. The van der Waals surface area contributed by atoms with Gasteiger partial charge in [-0.3, -0.25) is 0 Å². The third kappa shape index (κ3) is 3.31. The normalized spacial score (nSPS) is 10.3. The summed E-state index contributed by atoms with van der Waals surface area (Å²) < 4.78 is 11.7. The number of anilines is 2. The average molecular weight is 373 g/mol. The molecule has 0 fully saturated rings. The summed E-state index contributed by atoms with van der Waals surface area (Å²) in [7, 11) is 5.58. The summed E-state index contributed by atoms with van der Waals surface area (Å²) in [6.45, 7) is 0.589. The van der Waals surface area contributed by atoms with Crippen LogP contribution in [0.1, 0.15) is 5.76 Å². The van der Waals surface area contributed by atoms with Crippen LogP contribution in [0.5, 0.6) is 5.88 Å². The minimum absolute atomic E-state index is 0.576. The number of pyridine rings is 1. The van der Waals surface area contributed by atoms with Crippen molar-refractivity contribution in [2.24, 2.45) is 0 Å². The van der Waals surface area contributed by atoms with Gasteiger partial charge in [-0.25, -0.2) is 4.98 Å². The molecule has 0 aliphatic heterocycles. The lowest BCUT2D eigenvalue weighted by atomic mass is 10.3. The predicted octanol–water partition coefficient (Wildman–Crippen LogP) is 2.97. The summed E-state index contributed by atoms with van der Waals surface area (Å²) in [5.41, 5.74) is 1.88. The number of nitrogens with one attached hydrogen (secondary N) is 1. The monoisotopic (exact) mass is 373 g/mol. The van der Waals surface area contributed by atoms with Gasteiger partial charge in [0.25, 0.3) is 0 Å². The van der Waals surface area contributed by atoms with Crippen LogP contribution in [0.4, 0.5) is 11.4 Å². The van der Waals surface area contributed by atoms with Gasteiger partial charge in [-0.15, -0.1) is 0 Å². The molecule has 6 heteroatoms. The van der Waals surface area contributed by atoms with Gasteiger partial charge in [0.1, 0.15) is 11.4 Å². The summed E-state index contributed by atoms with van der Waals surface area (Å²) in [6.07, 6.45) is 1.73. The second kappa shape index (κ2) is 6.14. The van der Waals surface area contributed by atoms with E-state index >= 15 is 0 Å². The van der Waals surface area contributed by atoms with Crippen LogP contribution >= 0.6 is 22.6 Å². The zero-order chi connectivity index (χ0) is 13.8. The van der Waals surface area contributed by atoms with Crippen molar-refractivity contribution in [2.75, 3.05) is 31.4 Å². The molecule has 0 aliphatic rings. The molecule has 0 amide bonds. The van der Waals surface area contributed by atoms with Crippen LogP contribution in [-0.2, 0) is 6.54 Å². The third-order valence-electron chi connectivity index (χ3n) is 2.64. The highest BCUT2D eigenvalue weighted by molar-refractivity contribution is 14.1. The van der Waals surface area contributed by atoms with E-state index in [4.69, 9.17) is 9.15 Å². The minimum Gasteiger partial charge on any atom is -0.479 e. The molecule has 0 spiro atoms. The highest BCUT2D eigenvalue weighted by Gasteiger charge is 2.12. The Morgan fingerprint density at radius 2 is 2.16 bits per heavy atom. The Hall–Kier alpha value is -1.44. The molecule has 2 aromatic heterocycles. The highest BCUT2D eigenvalue weighted by Crippen LogP contribution is 2.32. The fourth-order valence-corrected chi connectivity index (χ4v) is 2.21. The Bertz CT molecular complexity index is 555.